The van der Waals surface area contributed by atoms with Gasteiger partial charge in [0.25, 0.3) is 0 Å². The predicted octanol–water partition coefficient (Wildman–Crippen LogP) is 2.70. The molecule has 1 unspecified atom stereocenters. The standard InChI is InChI=1S/C16H14ClFN2O3/c1-2-23-16(22)11-7-20(8-3-4-8)14-9(15(11)21)5-12(18)13(17)10(14)6-19/h5,8,11H,2-4,7H2,1H3. The molecule has 0 spiro atoms. The lowest BCUT2D eigenvalue weighted by atomic mass is 9.88. The first-order valence-corrected chi connectivity index (χ1v) is 7.77. The number of ether oxygens (including phenoxy) is 1. The lowest BCUT2D eigenvalue weighted by molar-refractivity contribution is -0.145. The molecule has 23 heavy (non-hydrogen) atoms. The summed E-state index contributed by atoms with van der Waals surface area (Å²) >= 11 is 5.89. The van der Waals surface area contributed by atoms with Crippen LogP contribution in [0.25, 0.3) is 0 Å². The van der Waals surface area contributed by atoms with Crippen molar-refractivity contribution < 1.29 is 18.7 Å². The number of benzene rings is 1. The topological polar surface area (TPSA) is 70.4 Å². The molecule has 1 heterocycles. The number of hydrogen-bond acceptors (Lipinski definition) is 5. The Hall–Kier alpha value is -2.13. The molecule has 3 rings (SSSR count). The van der Waals surface area contributed by atoms with Crippen molar-refractivity contribution in [3.8, 4) is 6.07 Å². The van der Waals surface area contributed by atoms with E-state index in [1.54, 1.807) is 6.92 Å². The van der Waals surface area contributed by atoms with E-state index in [9.17, 15) is 19.2 Å². The summed E-state index contributed by atoms with van der Waals surface area (Å²) in [6.07, 6.45) is 1.78. The van der Waals surface area contributed by atoms with Crippen molar-refractivity contribution in [1.29, 1.82) is 5.26 Å². The number of Topliss-reactive ketones (excluding diaryl/α,β-unsaturated/α-hetero) is 1. The van der Waals surface area contributed by atoms with Gasteiger partial charge in [0, 0.05) is 18.2 Å². The molecule has 0 N–H and O–H groups in total. The highest BCUT2D eigenvalue weighted by Gasteiger charge is 2.44. The largest absolute Gasteiger partial charge is 0.465 e. The minimum absolute atomic E-state index is 0.0275. The monoisotopic (exact) mass is 336 g/mol. The van der Waals surface area contributed by atoms with Gasteiger partial charge in [-0.2, -0.15) is 5.26 Å². The van der Waals surface area contributed by atoms with Crippen molar-refractivity contribution in [1.82, 2.24) is 0 Å². The van der Waals surface area contributed by atoms with Gasteiger partial charge >= 0.3 is 5.97 Å². The maximum atomic E-state index is 14.0. The molecule has 1 aromatic carbocycles. The number of ketones is 1. The first kappa shape index (κ1) is 15.8. The molecular formula is C16H14ClFN2O3. The van der Waals surface area contributed by atoms with Crippen LogP contribution in [0.2, 0.25) is 5.02 Å². The van der Waals surface area contributed by atoms with Crippen molar-refractivity contribution in [2.24, 2.45) is 5.92 Å². The zero-order chi connectivity index (χ0) is 16.7. The second kappa shape index (κ2) is 5.82. The van der Waals surface area contributed by atoms with Crippen molar-refractivity contribution in [2.75, 3.05) is 18.1 Å². The number of halogens is 2. The Kier molecular flexibility index (Phi) is 3.99. The lowest BCUT2D eigenvalue weighted by Crippen LogP contribution is -2.45. The van der Waals surface area contributed by atoms with Crippen molar-refractivity contribution in [3.63, 3.8) is 0 Å². The highest BCUT2D eigenvalue weighted by molar-refractivity contribution is 6.33. The summed E-state index contributed by atoms with van der Waals surface area (Å²) in [7, 11) is 0. The molecule has 0 aromatic heterocycles. The molecule has 5 nitrogen and oxygen atoms in total. The summed E-state index contributed by atoms with van der Waals surface area (Å²) < 4.78 is 18.9. The molecule has 0 bridgehead atoms. The molecule has 1 aromatic rings. The van der Waals surface area contributed by atoms with Crippen LogP contribution in [0.3, 0.4) is 0 Å². The fraction of sp³-hybridized carbons (Fsp3) is 0.438. The van der Waals surface area contributed by atoms with Crippen LogP contribution in [-0.4, -0.2) is 30.9 Å². The Morgan fingerprint density at radius 3 is 2.83 bits per heavy atom. The molecule has 1 saturated carbocycles. The average Bonchev–Trinajstić information content (AvgIpc) is 3.35. The van der Waals surface area contributed by atoms with Gasteiger partial charge < -0.3 is 9.64 Å². The third kappa shape index (κ3) is 2.55. The van der Waals surface area contributed by atoms with Crippen LogP contribution in [0.1, 0.15) is 35.7 Å². The summed E-state index contributed by atoms with van der Waals surface area (Å²) in [6.45, 7) is 1.95. The average molecular weight is 337 g/mol. The van der Waals surface area contributed by atoms with E-state index in [2.05, 4.69) is 0 Å². The normalized spacial score (nSPS) is 20.0. The summed E-state index contributed by atoms with van der Waals surface area (Å²) in [6, 6.07) is 3.03. The van der Waals surface area contributed by atoms with E-state index in [1.807, 2.05) is 11.0 Å². The summed E-state index contributed by atoms with van der Waals surface area (Å²) in [4.78, 5) is 26.5. The van der Waals surface area contributed by atoms with E-state index >= 15 is 0 Å². The number of fused-ring (bicyclic) bond motifs is 1. The zero-order valence-electron chi connectivity index (χ0n) is 12.4. The van der Waals surface area contributed by atoms with E-state index in [4.69, 9.17) is 16.3 Å². The van der Waals surface area contributed by atoms with Gasteiger partial charge in [-0.3, -0.25) is 9.59 Å². The molecule has 1 atom stereocenters. The molecule has 1 aliphatic carbocycles. The molecule has 0 radical (unpaired) electrons. The maximum absolute atomic E-state index is 14.0. The number of nitriles is 1. The molecule has 0 amide bonds. The lowest BCUT2D eigenvalue weighted by Gasteiger charge is -2.35. The molecule has 2 aliphatic rings. The number of esters is 1. The van der Waals surface area contributed by atoms with Crippen LogP contribution in [-0.2, 0) is 9.53 Å². The second-order valence-electron chi connectivity index (χ2n) is 5.61. The predicted molar refractivity (Wildman–Crippen MR) is 80.9 cm³/mol. The molecule has 1 fully saturated rings. The van der Waals surface area contributed by atoms with Gasteiger partial charge in [0.1, 0.15) is 17.8 Å². The number of hydrogen-bond donors (Lipinski definition) is 0. The van der Waals surface area contributed by atoms with E-state index in [0.717, 1.165) is 18.9 Å². The molecule has 1 aliphatic heterocycles. The minimum atomic E-state index is -1.00. The SMILES string of the molecule is CCOC(=O)C1CN(C2CC2)c2c(cc(F)c(Cl)c2C#N)C1=O. The Balaban J connectivity index is 2.15. The number of anilines is 1. The molecule has 120 valence electrons. The molecular weight excluding hydrogens is 323 g/mol. The van der Waals surface area contributed by atoms with Crippen LogP contribution >= 0.6 is 11.6 Å². The Morgan fingerprint density at radius 1 is 1.57 bits per heavy atom. The summed E-state index contributed by atoms with van der Waals surface area (Å²) in [5.74, 6) is -2.99. The van der Waals surface area contributed by atoms with Crippen LogP contribution < -0.4 is 4.90 Å². The van der Waals surface area contributed by atoms with Gasteiger partial charge in [0.05, 0.1) is 22.9 Å². The minimum Gasteiger partial charge on any atom is -0.465 e. The fourth-order valence-corrected chi connectivity index (χ4v) is 3.09. The van der Waals surface area contributed by atoms with Gasteiger partial charge in [-0.1, -0.05) is 11.6 Å². The van der Waals surface area contributed by atoms with Crippen molar-refractivity contribution in [3.05, 3.63) is 28.0 Å². The maximum Gasteiger partial charge on any atom is 0.318 e. The van der Waals surface area contributed by atoms with E-state index in [1.165, 1.54) is 0 Å². The Labute approximate surface area is 137 Å². The molecule has 0 saturated heterocycles. The number of nitrogens with zero attached hydrogens (tertiary/aromatic N) is 2. The van der Waals surface area contributed by atoms with Crippen LogP contribution in [0.4, 0.5) is 10.1 Å². The summed E-state index contributed by atoms with van der Waals surface area (Å²) in [5.41, 5.74) is 0.316. The van der Waals surface area contributed by atoms with Gasteiger partial charge in [-0.15, -0.1) is 0 Å². The van der Waals surface area contributed by atoms with Gasteiger partial charge in [-0.05, 0) is 25.8 Å². The zero-order valence-corrected chi connectivity index (χ0v) is 13.2. The first-order chi connectivity index (χ1) is 11.0. The Bertz CT molecular complexity index is 740. The van der Waals surface area contributed by atoms with Crippen molar-refractivity contribution in [2.45, 2.75) is 25.8 Å². The van der Waals surface area contributed by atoms with E-state index in [0.29, 0.717) is 5.69 Å². The number of carbonyl (C=O) groups excluding carboxylic acids is 2. The van der Waals surface area contributed by atoms with Gasteiger partial charge in [-0.25, -0.2) is 4.39 Å². The van der Waals surface area contributed by atoms with Crippen LogP contribution in [0.5, 0.6) is 0 Å². The molecule has 7 heteroatoms. The van der Waals surface area contributed by atoms with E-state index < -0.39 is 23.5 Å². The number of rotatable bonds is 3. The summed E-state index contributed by atoms with van der Waals surface area (Å²) in [5, 5.41) is 9.04. The number of carbonyl (C=O) groups is 2. The fourth-order valence-electron chi connectivity index (χ4n) is 2.91. The quantitative estimate of drug-likeness (QED) is 0.627. The van der Waals surface area contributed by atoms with Crippen LogP contribution in [0.15, 0.2) is 6.07 Å². The van der Waals surface area contributed by atoms with Crippen LogP contribution in [0, 0.1) is 23.1 Å². The van der Waals surface area contributed by atoms with E-state index in [-0.39, 0.29) is 35.3 Å². The highest BCUT2D eigenvalue weighted by Crippen LogP contribution is 2.43. The second-order valence-corrected chi connectivity index (χ2v) is 5.99. The van der Waals surface area contributed by atoms with Gasteiger partial charge in [0.15, 0.2) is 5.78 Å². The Morgan fingerprint density at radius 2 is 2.26 bits per heavy atom. The highest BCUT2D eigenvalue weighted by atomic mass is 35.5. The van der Waals surface area contributed by atoms with Gasteiger partial charge in [0.2, 0.25) is 0 Å². The third-order valence-corrected chi connectivity index (χ3v) is 4.48. The third-order valence-electron chi connectivity index (χ3n) is 4.11. The first-order valence-electron chi connectivity index (χ1n) is 7.39. The van der Waals surface area contributed by atoms with Crippen molar-refractivity contribution >= 4 is 29.0 Å². The smallest absolute Gasteiger partial charge is 0.318 e.